The molecule has 0 unspecified atom stereocenters. The van der Waals surface area contributed by atoms with Crippen LogP contribution >= 0.6 is 23.2 Å². The van der Waals surface area contributed by atoms with Crippen molar-refractivity contribution in [1.82, 2.24) is 4.98 Å². The maximum Gasteiger partial charge on any atom is 0.327 e. The fourth-order valence-electron chi connectivity index (χ4n) is 3.50. The quantitative estimate of drug-likeness (QED) is 0.269. The fraction of sp³-hybridized carbons (Fsp3) is 0.200. The molecule has 3 aromatic carbocycles. The highest BCUT2D eigenvalue weighted by molar-refractivity contribution is 7.92. The minimum absolute atomic E-state index is 0.141. The fourth-order valence-corrected chi connectivity index (χ4v) is 5.63. The van der Waals surface area contributed by atoms with Gasteiger partial charge in [0.1, 0.15) is 18.4 Å². The van der Waals surface area contributed by atoms with Crippen molar-refractivity contribution < 1.29 is 22.4 Å². The zero-order chi connectivity index (χ0) is 25.4. The monoisotopic (exact) mass is 532 g/mol. The van der Waals surface area contributed by atoms with Crippen molar-refractivity contribution in [3.63, 3.8) is 0 Å². The van der Waals surface area contributed by atoms with Gasteiger partial charge >= 0.3 is 5.97 Å². The molecule has 0 spiro atoms. The highest BCUT2D eigenvalue weighted by atomic mass is 35.5. The number of oxazole rings is 1. The van der Waals surface area contributed by atoms with Gasteiger partial charge in [-0.1, -0.05) is 35.3 Å². The smallest absolute Gasteiger partial charge is 0.327 e. The average Bonchev–Trinajstić information content (AvgIpc) is 3.30. The Morgan fingerprint density at radius 1 is 1.00 bits per heavy atom. The van der Waals surface area contributed by atoms with Gasteiger partial charge in [-0.15, -0.1) is 0 Å². The SMILES string of the molecule is CC(C)(C)OC(=O)CN(c1ccc2cc(-c3ncco3)ccc2c1)S(=O)(=O)c1cc(Cl)cc(Cl)c1. The summed E-state index contributed by atoms with van der Waals surface area (Å²) in [6.45, 7) is 4.59. The Balaban J connectivity index is 1.79. The number of carbonyl (C=O) groups is 1. The Hall–Kier alpha value is -3.07. The summed E-state index contributed by atoms with van der Waals surface area (Å²) in [6, 6.07) is 14.6. The maximum absolute atomic E-state index is 13.7. The minimum Gasteiger partial charge on any atom is -0.459 e. The molecule has 0 fully saturated rings. The van der Waals surface area contributed by atoms with E-state index in [1.165, 1.54) is 24.5 Å². The van der Waals surface area contributed by atoms with Gasteiger partial charge in [0.15, 0.2) is 0 Å². The first-order valence-corrected chi connectivity index (χ1v) is 12.8. The molecule has 35 heavy (non-hydrogen) atoms. The van der Waals surface area contributed by atoms with Crippen LogP contribution in [0.4, 0.5) is 5.69 Å². The molecule has 4 aromatic rings. The van der Waals surface area contributed by atoms with Crippen molar-refractivity contribution in [2.24, 2.45) is 0 Å². The Morgan fingerprint density at radius 3 is 2.29 bits per heavy atom. The maximum atomic E-state index is 13.7. The van der Waals surface area contributed by atoms with E-state index in [2.05, 4.69) is 4.98 Å². The van der Waals surface area contributed by atoms with Gasteiger partial charge in [-0.25, -0.2) is 13.4 Å². The molecule has 0 saturated carbocycles. The van der Waals surface area contributed by atoms with Crippen molar-refractivity contribution in [3.8, 4) is 11.5 Å². The molecule has 0 radical (unpaired) electrons. The second-order valence-corrected chi connectivity index (χ2v) is 11.5. The van der Waals surface area contributed by atoms with Crippen molar-refractivity contribution >= 4 is 55.7 Å². The molecular weight excluding hydrogens is 511 g/mol. The van der Waals surface area contributed by atoms with E-state index in [0.29, 0.717) is 5.89 Å². The molecule has 7 nitrogen and oxygen atoms in total. The van der Waals surface area contributed by atoms with Gasteiger partial charge in [0, 0.05) is 15.6 Å². The number of benzene rings is 3. The van der Waals surface area contributed by atoms with Gasteiger partial charge in [0.2, 0.25) is 5.89 Å². The van der Waals surface area contributed by atoms with Gasteiger partial charge in [-0.2, -0.15) is 0 Å². The standard InChI is InChI=1S/C25H22Cl2N2O5S/c1-25(2,3)34-23(30)15-29(35(31,32)22-13-19(26)12-20(27)14-22)21-7-6-16-10-18(5-4-17(16)11-21)24-28-8-9-33-24/h4-14H,15H2,1-3H3. The van der Waals surface area contributed by atoms with Crippen LogP contribution in [0.3, 0.4) is 0 Å². The lowest BCUT2D eigenvalue weighted by Crippen LogP contribution is -2.39. The molecule has 0 saturated heterocycles. The first kappa shape index (κ1) is 25.0. The van der Waals surface area contributed by atoms with Crippen LogP contribution in [0.1, 0.15) is 20.8 Å². The van der Waals surface area contributed by atoms with Crippen LogP contribution in [0.15, 0.2) is 76.4 Å². The van der Waals surface area contributed by atoms with Crippen molar-refractivity contribution in [2.75, 3.05) is 10.8 Å². The Bertz CT molecular complexity index is 1480. The summed E-state index contributed by atoms with van der Waals surface area (Å²) in [5.41, 5.74) is 0.274. The summed E-state index contributed by atoms with van der Waals surface area (Å²) in [6.07, 6.45) is 3.05. The number of hydrogen-bond acceptors (Lipinski definition) is 6. The predicted molar refractivity (Wildman–Crippen MR) is 136 cm³/mol. The lowest BCUT2D eigenvalue weighted by atomic mass is 10.1. The summed E-state index contributed by atoms with van der Waals surface area (Å²) in [4.78, 5) is 16.7. The van der Waals surface area contributed by atoms with Crippen LogP contribution < -0.4 is 4.31 Å². The summed E-state index contributed by atoms with van der Waals surface area (Å²) >= 11 is 12.1. The number of sulfonamides is 1. The number of nitrogens with zero attached hydrogens (tertiary/aromatic N) is 2. The molecule has 182 valence electrons. The second-order valence-electron chi connectivity index (χ2n) is 8.79. The van der Waals surface area contributed by atoms with Gasteiger partial charge in [-0.05, 0) is 74.0 Å². The first-order chi connectivity index (χ1) is 16.4. The molecule has 0 N–H and O–H groups in total. The lowest BCUT2D eigenvalue weighted by Gasteiger charge is -2.26. The van der Waals surface area contributed by atoms with Crippen molar-refractivity contribution in [1.29, 1.82) is 0 Å². The number of ether oxygens (including phenoxy) is 1. The molecular formula is C25H22Cl2N2O5S. The molecule has 0 aliphatic rings. The van der Waals surface area contributed by atoms with Crippen LogP contribution in [0.25, 0.3) is 22.2 Å². The van der Waals surface area contributed by atoms with E-state index in [-0.39, 0.29) is 20.6 Å². The number of fused-ring (bicyclic) bond motifs is 1. The van der Waals surface area contributed by atoms with Crippen LogP contribution in [0, 0.1) is 0 Å². The third kappa shape index (κ3) is 5.78. The van der Waals surface area contributed by atoms with E-state index < -0.39 is 28.1 Å². The van der Waals surface area contributed by atoms with E-state index in [1.807, 2.05) is 18.2 Å². The Labute approximate surface area is 213 Å². The van der Waals surface area contributed by atoms with E-state index in [1.54, 1.807) is 45.2 Å². The largest absolute Gasteiger partial charge is 0.459 e. The van der Waals surface area contributed by atoms with Crippen LogP contribution in [-0.2, 0) is 19.6 Å². The van der Waals surface area contributed by atoms with Crippen LogP contribution in [0.5, 0.6) is 0 Å². The molecule has 0 bridgehead atoms. The molecule has 4 rings (SSSR count). The molecule has 1 heterocycles. The van der Waals surface area contributed by atoms with Gasteiger partial charge in [0.05, 0.1) is 16.8 Å². The zero-order valence-electron chi connectivity index (χ0n) is 19.2. The van der Waals surface area contributed by atoms with E-state index in [9.17, 15) is 13.2 Å². The Kier molecular flexibility index (Phi) is 6.81. The second kappa shape index (κ2) is 9.53. The van der Waals surface area contributed by atoms with Crippen molar-refractivity contribution in [2.45, 2.75) is 31.3 Å². The molecule has 0 aliphatic heterocycles. The van der Waals surface area contributed by atoms with E-state index >= 15 is 0 Å². The molecule has 10 heteroatoms. The number of esters is 1. The zero-order valence-corrected chi connectivity index (χ0v) is 21.5. The summed E-state index contributed by atoms with van der Waals surface area (Å²) in [5, 5.41) is 1.91. The number of hydrogen-bond donors (Lipinski definition) is 0. The summed E-state index contributed by atoms with van der Waals surface area (Å²) in [7, 11) is -4.22. The molecule has 0 atom stereocenters. The number of carbonyl (C=O) groups excluding carboxylic acids is 1. The number of aromatic nitrogens is 1. The van der Waals surface area contributed by atoms with E-state index in [0.717, 1.165) is 20.6 Å². The summed E-state index contributed by atoms with van der Waals surface area (Å²) in [5.74, 6) is -0.225. The molecule has 0 amide bonds. The van der Waals surface area contributed by atoms with Gasteiger partial charge in [-0.3, -0.25) is 9.10 Å². The van der Waals surface area contributed by atoms with Gasteiger partial charge in [0.25, 0.3) is 10.0 Å². The third-order valence-corrected chi connectivity index (χ3v) is 7.10. The molecule has 1 aromatic heterocycles. The lowest BCUT2D eigenvalue weighted by molar-refractivity contribution is -0.152. The number of halogens is 2. The van der Waals surface area contributed by atoms with E-state index in [4.69, 9.17) is 32.4 Å². The summed E-state index contributed by atoms with van der Waals surface area (Å²) < 4.78 is 39.1. The third-order valence-electron chi connectivity index (χ3n) is 4.91. The average molecular weight is 533 g/mol. The normalized spacial score (nSPS) is 12.0. The predicted octanol–water partition coefficient (Wildman–Crippen LogP) is 6.34. The van der Waals surface area contributed by atoms with Crippen LogP contribution in [-0.4, -0.2) is 31.5 Å². The highest BCUT2D eigenvalue weighted by Crippen LogP contribution is 2.32. The number of rotatable bonds is 6. The molecule has 0 aliphatic carbocycles. The topological polar surface area (TPSA) is 89.7 Å². The first-order valence-electron chi connectivity index (χ1n) is 10.6. The highest BCUT2D eigenvalue weighted by Gasteiger charge is 2.30. The Morgan fingerprint density at radius 2 is 1.66 bits per heavy atom. The van der Waals surface area contributed by atoms with Gasteiger partial charge < -0.3 is 9.15 Å². The van der Waals surface area contributed by atoms with Crippen LogP contribution in [0.2, 0.25) is 10.0 Å². The minimum atomic E-state index is -4.22. The van der Waals surface area contributed by atoms with Crippen molar-refractivity contribution in [3.05, 3.63) is 77.1 Å². The number of anilines is 1.